The predicted octanol–water partition coefficient (Wildman–Crippen LogP) is 0.463. The highest BCUT2D eigenvalue weighted by Crippen LogP contribution is 2.44. The Labute approximate surface area is 155 Å². The molecule has 138 valence electrons. The lowest BCUT2D eigenvalue weighted by atomic mass is 10.0. The topological polar surface area (TPSA) is 95.1 Å². The Morgan fingerprint density at radius 3 is 2.62 bits per heavy atom. The Bertz CT molecular complexity index is 770. The van der Waals surface area contributed by atoms with Gasteiger partial charge in [-0.1, -0.05) is 18.2 Å². The van der Waals surface area contributed by atoms with Gasteiger partial charge in [-0.3, -0.25) is 10.1 Å². The monoisotopic (exact) mass is 378 g/mol. The van der Waals surface area contributed by atoms with Crippen LogP contribution in [-0.4, -0.2) is 53.4 Å². The molecule has 0 aromatic heterocycles. The molecule has 3 heterocycles. The average molecular weight is 378 g/mol. The summed E-state index contributed by atoms with van der Waals surface area (Å²) in [5, 5.41) is 5.51. The maximum absolute atomic E-state index is 12.4. The summed E-state index contributed by atoms with van der Waals surface area (Å²) in [6.45, 7) is 3.41. The second-order valence-electron chi connectivity index (χ2n) is 6.79. The number of fused-ring (bicyclic) bond motifs is 2. The van der Waals surface area contributed by atoms with Gasteiger partial charge in [-0.15, -0.1) is 0 Å². The largest absolute Gasteiger partial charge is 0.459 e. The number of rotatable bonds is 3. The minimum atomic E-state index is -1.49. The number of esters is 1. The first-order valence-electron chi connectivity index (χ1n) is 8.20. The van der Waals surface area contributed by atoms with Gasteiger partial charge in [-0.05, 0) is 38.2 Å². The van der Waals surface area contributed by atoms with Gasteiger partial charge < -0.3 is 24.3 Å². The predicted molar refractivity (Wildman–Crippen MR) is 92.0 cm³/mol. The first-order valence-corrected chi connectivity index (χ1v) is 8.61. The smallest absolute Gasteiger partial charge is 0.338 e. The summed E-state index contributed by atoms with van der Waals surface area (Å²) in [5.41, 5.74) is -1.06. The van der Waals surface area contributed by atoms with Crippen LogP contribution in [-0.2, 0) is 23.7 Å². The third-order valence-corrected chi connectivity index (χ3v) is 4.69. The van der Waals surface area contributed by atoms with E-state index in [0.29, 0.717) is 5.56 Å². The van der Waals surface area contributed by atoms with E-state index in [1.54, 1.807) is 38.1 Å². The van der Waals surface area contributed by atoms with Gasteiger partial charge in [0.15, 0.2) is 10.9 Å². The van der Waals surface area contributed by atoms with E-state index >= 15 is 0 Å². The number of thiocarbonyl (C=S) groups is 1. The standard InChI is InChI=1S/C17H18N2O6S/c1-16(2)24-11-10(8-22-13(20)9-6-4-3-5-7-9)23-17(12(11)25-16)14(21)18-15(26)19-17/h3-7,10-12H,8H2,1-2H3,(H2,18,19,21,26)/t10-,11-,12-,17-/m1/s1. The molecule has 26 heavy (non-hydrogen) atoms. The van der Waals surface area contributed by atoms with Crippen LogP contribution in [0.2, 0.25) is 0 Å². The van der Waals surface area contributed by atoms with Crippen LogP contribution >= 0.6 is 12.2 Å². The van der Waals surface area contributed by atoms with Gasteiger partial charge in [0, 0.05) is 0 Å². The van der Waals surface area contributed by atoms with Crippen LogP contribution in [0.25, 0.3) is 0 Å². The zero-order valence-electron chi connectivity index (χ0n) is 14.2. The van der Waals surface area contributed by atoms with Crippen LogP contribution in [0.3, 0.4) is 0 Å². The second-order valence-corrected chi connectivity index (χ2v) is 7.19. The summed E-state index contributed by atoms with van der Waals surface area (Å²) in [5.74, 6) is -1.83. The fraction of sp³-hybridized carbons (Fsp3) is 0.471. The summed E-state index contributed by atoms with van der Waals surface area (Å²) in [7, 11) is 0. The van der Waals surface area contributed by atoms with Gasteiger partial charge in [0.1, 0.15) is 24.9 Å². The van der Waals surface area contributed by atoms with Crippen molar-refractivity contribution in [3.8, 4) is 0 Å². The highest BCUT2D eigenvalue weighted by Gasteiger charge is 2.69. The van der Waals surface area contributed by atoms with E-state index in [1.165, 1.54) is 0 Å². The van der Waals surface area contributed by atoms with E-state index in [0.717, 1.165) is 0 Å². The number of ether oxygens (including phenoxy) is 4. The Balaban J connectivity index is 1.52. The van der Waals surface area contributed by atoms with Gasteiger partial charge in [0.2, 0.25) is 0 Å². The summed E-state index contributed by atoms with van der Waals surface area (Å²) in [6, 6.07) is 8.62. The molecule has 1 amide bonds. The number of hydrogen-bond acceptors (Lipinski definition) is 7. The van der Waals surface area contributed by atoms with Crippen LogP contribution in [0.1, 0.15) is 24.2 Å². The quantitative estimate of drug-likeness (QED) is 0.579. The molecule has 0 unspecified atom stereocenters. The fourth-order valence-corrected chi connectivity index (χ4v) is 3.67. The third kappa shape index (κ3) is 2.77. The Morgan fingerprint density at radius 2 is 1.96 bits per heavy atom. The number of benzene rings is 1. The van der Waals surface area contributed by atoms with Gasteiger partial charge >= 0.3 is 5.97 Å². The van der Waals surface area contributed by atoms with Crippen molar-refractivity contribution >= 4 is 29.2 Å². The minimum Gasteiger partial charge on any atom is -0.459 e. The first kappa shape index (κ1) is 17.3. The third-order valence-electron chi connectivity index (χ3n) is 4.49. The SMILES string of the molecule is CC1(C)O[C@H]2[C@@H](O1)[C@@]1(NC(=S)NC1=O)O[C@@H]2COC(=O)c1ccccc1. The summed E-state index contributed by atoms with van der Waals surface area (Å²) in [6.07, 6.45) is -2.00. The van der Waals surface area contributed by atoms with Crippen LogP contribution in [0.15, 0.2) is 30.3 Å². The molecule has 0 saturated carbocycles. The van der Waals surface area contributed by atoms with Crippen LogP contribution in [0.4, 0.5) is 0 Å². The maximum atomic E-state index is 12.4. The van der Waals surface area contributed by atoms with Gasteiger partial charge in [0.25, 0.3) is 11.6 Å². The van der Waals surface area contributed by atoms with Crippen molar-refractivity contribution in [2.45, 2.75) is 43.7 Å². The van der Waals surface area contributed by atoms with Crippen molar-refractivity contribution in [1.29, 1.82) is 0 Å². The summed E-state index contributed by atoms with van der Waals surface area (Å²) < 4.78 is 23.0. The van der Waals surface area contributed by atoms with Crippen molar-refractivity contribution in [1.82, 2.24) is 10.6 Å². The molecule has 1 spiro atoms. The van der Waals surface area contributed by atoms with E-state index in [-0.39, 0.29) is 11.7 Å². The lowest BCUT2D eigenvalue weighted by molar-refractivity contribution is -0.212. The first-order chi connectivity index (χ1) is 12.3. The van der Waals surface area contributed by atoms with E-state index in [2.05, 4.69) is 10.6 Å². The molecule has 4 rings (SSSR count). The van der Waals surface area contributed by atoms with Crippen LogP contribution < -0.4 is 10.6 Å². The van der Waals surface area contributed by atoms with E-state index < -0.39 is 41.7 Å². The lowest BCUT2D eigenvalue weighted by Gasteiger charge is -2.28. The second kappa shape index (κ2) is 5.98. The molecular weight excluding hydrogens is 360 g/mol. The average Bonchev–Trinajstić information content (AvgIpc) is 3.17. The van der Waals surface area contributed by atoms with Gasteiger partial charge in [-0.25, -0.2) is 4.79 Å². The van der Waals surface area contributed by atoms with Crippen molar-refractivity contribution < 1.29 is 28.5 Å². The molecular formula is C17H18N2O6S. The molecule has 8 nitrogen and oxygen atoms in total. The normalized spacial score (nSPS) is 34.5. The molecule has 9 heteroatoms. The molecule has 4 atom stereocenters. The molecule has 3 fully saturated rings. The van der Waals surface area contributed by atoms with Crippen molar-refractivity contribution in [3.63, 3.8) is 0 Å². The number of amides is 1. The number of hydrogen-bond donors (Lipinski definition) is 2. The highest BCUT2D eigenvalue weighted by molar-refractivity contribution is 7.80. The van der Waals surface area contributed by atoms with Gasteiger partial charge in [0.05, 0.1) is 5.56 Å². The van der Waals surface area contributed by atoms with Crippen LogP contribution in [0, 0.1) is 0 Å². The van der Waals surface area contributed by atoms with Crippen LogP contribution in [0.5, 0.6) is 0 Å². The molecule has 3 aliphatic rings. The van der Waals surface area contributed by atoms with Crippen molar-refractivity contribution in [2.24, 2.45) is 0 Å². The molecule has 1 aromatic rings. The van der Waals surface area contributed by atoms with Gasteiger partial charge in [-0.2, -0.15) is 0 Å². The van der Waals surface area contributed by atoms with E-state index in [4.69, 9.17) is 31.2 Å². The number of carbonyl (C=O) groups excluding carboxylic acids is 2. The maximum Gasteiger partial charge on any atom is 0.338 e. The summed E-state index contributed by atoms with van der Waals surface area (Å²) in [4.78, 5) is 24.6. The molecule has 2 N–H and O–H groups in total. The Kier molecular flexibility index (Phi) is 3.99. The minimum absolute atomic E-state index is 0.0855. The fourth-order valence-electron chi connectivity index (χ4n) is 3.43. The number of carbonyl (C=O) groups is 2. The molecule has 0 aliphatic carbocycles. The Hall–Kier alpha value is -2.07. The molecule has 1 aromatic carbocycles. The highest BCUT2D eigenvalue weighted by atomic mass is 32.1. The number of nitrogens with one attached hydrogen (secondary N) is 2. The molecule has 3 saturated heterocycles. The zero-order chi connectivity index (χ0) is 18.5. The molecule has 3 aliphatic heterocycles. The molecule has 0 bridgehead atoms. The Morgan fingerprint density at radius 1 is 1.23 bits per heavy atom. The van der Waals surface area contributed by atoms with E-state index in [9.17, 15) is 9.59 Å². The van der Waals surface area contributed by atoms with E-state index in [1.807, 2.05) is 6.07 Å². The summed E-state index contributed by atoms with van der Waals surface area (Å²) >= 11 is 5.03. The lowest BCUT2D eigenvalue weighted by Crippen LogP contribution is -2.56. The van der Waals surface area contributed by atoms with Crippen molar-refractivity contribution in [3.05, 3.63) is 35.9 Å². The zero-order valence-corrected chi connectivity index (χ0v) is 15.0. The van der Waals surface area contributed by atoms with Crippen molar-refractivity contribution in [2.75, 3.05) is 6.61 Å². The molecule has 0 radical (unpaired) electrons.